The van der Waals surface area contributed by atoms with Gasteiger partial charge in [-0.05, 0) is 166 Å². The van der Waals surface area contributed by atoms with Gasteiger partial charge in [-0.1, -0.05) is 76.0 Å². The van der Waals surface area contributed by atoms with E-state index in [1.165, 1.54) is 35.3 Å². The minimum absolute atomic E-state index is 0. The van der Waals surface area contributed by atoms with E-state index in [0.717, 1.165) is 90.1 Å². The molecule has 2 aliphatic heterocycles. The number of carboxylic acid groups (broad SMARTS) is 1. The second-order valence-electron chi connectivity index (χ2n) is 19.3. The zero-order valence-electron chi connectivity index (χ0n) is 44.9. The van der Waals surface area contributed by atoms with Crippen molar-refractivity contribution in [2.24, 2.45) is 10.7 Å². The molecule has 0 bridgehead atoms. The lowest BCUT2D eigenvalue weighted by Crippen LogP contribution is -2.31. The molecule has 1 saturated heterocycles. The molecule has 3 aliphatic rings. The van der Waals surface area contributed by atoms with E-state index in [9.17, 15) is 14.4 Å². The summed E-state index contributed by atoms with van der Waals surface area (Å²) in [5.74, 6) is 0.452. The fraction of sp³-hybridized carbons (Fsp3) is 0.271. The molecule has 82 heavy (non-hydrogen) atoms. The Balaban J connectivity index is 0.000000167. The first kappa shape index (κ1) is 64.2. The van der Waals surface area contributed by atoms with Crippen molar-refractivity contribution in [2.45, 2.75) is 78.5 Å². The van der Waals surface area contributed by atoms with Crippen molar-refractivity contribution in [3.63, 3.8) is 0 Å². The molecule has 1 atom stereocenters. The number of nitrogens with one attached hydrogen (secondary N) is 4. The number of ether oxygens (including phenoxy) is 2. The third-order valence-corrected chi connectivity index (χ3v) is 14.4. The molecule has 1 aliphatic carbocycles. The number of carboxylic acids is 1. The van der Waals surface area contributed by atoms with E-state index in [4.69, 9.17) is 43.5 Å². The molecule has 4 aromatic carbocycles. The summed E-state index contributed by atoms with van der Waals surface area (Å²) in [6.07, 6.45) is 13.6. The average Bonchev–Trinajstić information content (AvgIpc) is 4.36. The number of nitrogens with two attached hydrogens (primary N) is 1. The van der Waals surface area contributed by atoms with Crippen molar-refractivity contribution in [1.29, 1.82) is 0 Å². The van der Waals surface area contributed by atoms with Crippen molar-refractivity contribution in [1.82, 2.24) is 40.0 Å². The van der Waals surface area contributed by atoms with Gasteiger partial charge in [-0.25, -0.2) is 29.5 Å². The van der Waals surface area contributed by atoms with Crippen LogP contribution in [0.3, 0.4) is 0 Å². The summed E-state index contributed by atoms with van der Waals surface area (Å²) < 4.78 is 14.5. The van der Waals surface area contributed by atoms with Gasteiger partial charge in [-0.15, -0.1) is 11.3 Å². The standard InChI is InChI=1S/C16H16ClN5O2.C14H11ClN4.C10H8BrNO.C9H5BrO2S.C5H11N.C4H9NO.CH4/c1-16(2,3)24-15(23)22-12-5-4-11(8-10(12)9-19-22)20-13-6-7-18-14(17)21-13;15-14-17-8-6-13(19-14)18-12-3-1-10(2-4-12)11-5-7-16-9-11;1-6(13)9-4-7-2-3-8(11)5-10(7)12-9;10-6-2-1-5-3-8(9(11)12)13-7(5)4-6;1-6-5-3-2-4-5;5-4-1-2-6-3-4;/h4-9H,1-3H3,(H,18,20,21);1-6,8-9H,7H2,(H,17,18,19);2-5,12H,1H3;1-4H,(H,11,12);5-6H,2-4H2,1H3;4H,1-3,5H2;1H4. The van der Waals surface area contributed by atoms with Gasteiger partial charge in [0.15, 0.2) is 5.78 Å². The van der Waals surface area contributed by atoms with E-state index in [2.05, 4.69) is 88.9 Å². The maximum absolute atomic E-state index is 12.2. The number of nitrogens with zero attached hydrogens (tertiary/aromatic N) is 7. The lowest BCUT2D eigenvalue weighted by molar-refractivity contribution is 0.0522. The van der Waals surface area contributed by atoms with Crippen LogP contribution in [0.15, 0.2) is 142 Å². The number of hydrogen-bond acceptors (Lipinski definition) is 16. The van der Waals surface area contributed by atoms with Crippen LogP contribution in [0.2, 0.25) is 10.6 Å². The number of rotatable bonds is 8. The molecule has 0 amide bonds. The number of benzene rings is 4. The molecule has 1 saturated carbocycles. The number of Topliss-reactive ketones (excluding diaryl/α,β-unsaturated/α-hetero) is 1. The van der Waals surface area contributed by atoms with E-state index < -0.39 is 17.7 Å². The number of fused-ring (bicyclic) bond motifs is 3. The number of allylic oxidation sites excluding steroid dienone is 1. The summed E-state index contributed by atoms with van der Waals surface area (Å²) in [4.78, 5) is 57.3. The maximum Gasteiger partial charge on any atom is 0.435 e. The molecule has 7 heterocycles. The number of carbonyl (C=O) groups is 3. The Morgan fingerprint density at radius 1 is 0.829 bits per heavy atom. The molecule has 5 aromatic heterocycles. The highest BCUT2D eigenvalue weighted by atomic mass is 79.9. The fourth-order valence-electron chi connectivity index (χ4n) is 7.61. The van der Waals surface area contributed by atoms with Gasteiger partial charge in [0.25, 0.3) is 0 Å². The first-order valence-corrected chi connectivity index (χ1v) is 28.7. The van der Waals surface area contributed by atoms with E-state index in [1.54, 1.807) is 49.8 Å². The first-order valence-electron chi connectivity index (χ1n) is 25.5. The summed E-state index contributed by atoms with van der Waals surface area (Å²) in [7, 11) is 2.03. The number of aromatic amines is 1. The van der Waals surface area contributed by atoms with Gasteiger partial charge >= 0.3 is 12.1 Å². The highest BCUT2D eigenvalue weighted by molar-refractivity contribution is 9.10. The van der Waals surface area contributed by atoms with Gasteiger partial charge in [-0.2, -0.15) is 9.78 Å². The van der Waals surface area contributed by atoms with Gasteiger partial charge in [0.05, 0.1) is 30.6 Å². The number of ketones is 1. The Labute approximate surface area is 506 Å². The zero-order chi connectivity index (χ0) is 58.1. The number of aliphatic imine (C=N–C) groups is 1. The van der Waals surface area contributed by atoms with Crippen LogP contribution in [0.4, 0.5) is 27.8 Å². The molecule has 0 spiro atoms. The maximum atomic E-state index is 12.2. The number of anilines is 4. The van der Waals surface area contributed by atoms with Crippen LogP contribution < -0.4 is 21.7 Å². The van der Waals surface area contributed by atoms with Crippen LogP contribution in [0.1, 0.15) is 86.5 Å². The summed E-state index contributed by atoms with van der Waals surface area (Å²) in [6.45, 7) is 9.39. The van der Waals surface area contributed by atoms with Crippen molar-refractivity contribution in [3.05, 3.63) is 163 Å². The average molecular weight is 1300 g/mol. The Bertz CT molecular complexity index is 3560. The number of H-pyrrole nitrogens is 1. The minimum atomic E-state index is -0.864. The highest BCUT2D eigenvalue weighted by Crippen LogP contribution is 2.29. The van der Waals surface area contributed by atoms with Crippen molar-refractivity contribution in [3.8, 4) is 0 Å². The Morgan fingerprint density at radius 3 is 2.00 bits per heavy atom. The van der Waals surface area contributed by atoms with Crippen molar-refractivity contribution < 1.29 is 29.0 Å². The Kier molecular flexibility index (Phi) is 24.2. The number of carbonyl (C=O) groups excluding carboxylic acids is 2. The van der Waals surface area contributed by atoms with E-state index in [0.29, 0.717) is 33.8 Å². The van der Waals surface area contributed by atoms with Crippen LogP contribution >= 0.6 is 66.4 Å². The number of halogens is 4. The van der Waals surface area contributed by atoms with Crippen LogP contribution in [0, 0.1) is 0 Å². The Morgan fingerprint density at radius 2 is 1.48 bits per heavy atom. The number of hydrogen-bond donors (Lipinski definition) is 6. The molecule has 0 radical (unpaired) electrons. The molecule has 1 unspecified atom stereocenters. The summed E-state index contributed by atoms with van der Waals surface area (Å²) in [5.41, 5.74) is 11.2. The second-order valence-corrected chi connectivity index (χ2v) is 22.9. The molecular weight excluding hydrogens is 1240 g/mol. The topological polar surface area (TPSA) is 250 Å². The number of aromatic carboxylic acids is 1. The van der Waals surface area contributed by atoms with E-state index in [-0.39, 0.29) is 23.8 Å². The first-order chi connectivity index (χ1) is 38.8. The minimum Gasteiger partial charge on any atom is -0.477 e. The summed E-state index contributed by atoms with van der Waals surface area (Å²) in [6, 6.07) is 33.4. The second kappa shape index (κ2) is 30.9. The number of thiophene rings is 1. The zero-order valence-corrected chi connectivity index (χ0v) is 50.4. The third-order valence-electron chi connectivity index (χ3n) is 11.9. The van der Waals surface area contributed by atoms with E-state index >= 15 is 0 Å². The van der Waals surface area contributed by atoms with Crippen LogP contribution in [-0.4, -0.2) is 108 Å². The van der Waals surface area contributed by atoms with Crippen LogP contribution in [-0.2, 0) is 9.47 Å². The molecule has 430 valence electrons. The largest absolute Gasteiger partial charge is 0.477 e. The van der Waals surface area contributed by atoms with Gasteiger partial charge in [-0.3, -0.25) is 9.79 Å². The van der Waals surface area contributed by atoms with Crippen LogP contribution in [0.5, 0.6) is 0 Å². The molecular formula is C59H64Br2Cl2N12O6S. The molecule has 9 aromatic rings. The lowest BCUT2D eigenvalue weighted by atomic mass is 9.94. The monoisotopic (exact) mass is 1300 g/mol. The van der Waals surface area contributed by atoms with E-state index in [1.807, 2.05) is 113 Å². The molecule has 7 N–H and O–H groups in total. The van der Waals surface area contributed by atoms with Gasteiger partial charge < -0.3 is 41.2 Å². The summed E-state index contributed by atoms with van der Waals surface area (Å²) >= 11 is 19.5. The Hall–Kier alpha value is -6.95. The third kappa shape index (κ3) is 19.9. The quantitative estimate of drug-likeness (QED) is 0.0611. The van der Waals surface area contributed by atoms with Gasteiger partial charge in [0.1, 0.15) is 22.1 Å². The summed E-state index contributed by atoms with van der Waals surface area (Å²) in [5, 5.41) is 25.6. The molecule has 12 rings (SSSR count). The van der Waals surface area contributed by atoms with Crippen LogP contribution in [0.25, 0.3) is 37.5 Å². The highest BCUT2D eigenvalue weighted by Gasteiger charge is 2.20. The molecule has 2 fully saturated rings. The molecule has 18 nitrogen and oxygen atoms in total. The fourth-order valence-corrected chi connectivity index (χ4v) is 9.72. The predicted octanol–water partition coefficient (Wildman–Crippen LogP) is 15.0. The SMILES string of the molecule is C.CC(=O)c1cc2ccc(Br)cc2[nH]1.CC(C)(C)OC(=O)n1ncc2cc(Nc3ccnc(Cl)n3)ccc21.CNC1CCC1.Clc1nccc(Nc2ccc(C3=CCN=C3)cc2)n1.NC1CCOC1.O=C(O)c1cc2ccc(Br)cc2s1. The van der Waals surface area contributed by atoms with Gasteiger partial charge in [0.2, 0.25) is 10.6 Å². The van der Waals surface area contributed by atoms with Crippen molar-refractivity contribution >= 4 is 151 Å². The lowest BCUT2D eigenvalue weighted by Gasteiger charge is -2.23. The smallest absolute Gasteiger partial charge is 0.435 e. The van der Waals surface area contributed by atoms with Crippen molar-refractivity contribution in [2.75, 3.05) is 37.4 Å². The molecule has 23 heteroatoms. The predicted molar refractivity (Wildman–Crippen MR) is 339 cm³/mol. The normalized spacial score (nSPS) is 14.1. The van der Waals surface area contributed by atoms with Gasteiger partial charge in [0, 0.05) is 85.5 Å². The number of aromatic nitrogens is 7.